The highest BCUT2D eigenvalue weighted by Gasteiger charge is 2.45. The van der Waals surface area contributed by atoms with Crippen LogP contribution in [0.3, 0.4) is 0 Å². The van der Waals surface area contributed by atoms with Crippen molar-refractivity contribution in [3.05, 3.63) is 35.1 Å². The highest BCUT2D eigenvalue weighted by atomic mass is 19.1. The average molecular weight is 238 g/mol. The number of halogens is 1. The molecule has 1 aliphatic rings. The van der Waals surface area contributed by atoms with Crippen molar-refractivity contribution in [1.29, 1.82) is 0 Å². The smallest absolute Gasteiger partial charge is 0.240 e. The van der Waals surface area contributed by atoms with Crippen LogP contribution in [-0.4, -0.2) is 16.6 Å². The Labute approximate surface area is 98.6 Å². The molecule has 1 fully saturated rings. The number of amides is 1. The number of carbonyl (C=O) groups is 1. The van der Waals surface area contributed by atoms with Gasteiger partial charge in [0.25, 0.3) is 0 Å². The first-order valence-electron chi connectivity index (χ1n) is 5.50. The molecule has 1 saturated carbocycles. The predicted molar refractivity (Wildman–Crippen MR) is 60.3 cm³/mol. The van der Waals surface area contributed by atoms with Crippen LogP contribution in [0.15, 0.2) is 18.2 Å². The first kappa shape index (κ1) is 12.0. The van der Waals surface area contributed by atoms with Gasteiger partial charge in [-0.25, -0.2) is 4.39 Å². The van der Waals surface area contributed by atoms with Crippen LogP contribution in [0, 0.1) is 5.82 Å². The molecule has 0 unspecified atom stereocenters. The quantitative estimate of drug-likeness (QED) is 0.712. The lowest BCUT2D eigenvalue weighted by Crippen LogP contribution is -2.42. The second-order valence-corrected chi connectivity index (χ2v) is 4.42. The Morgan fingerprint density at radius 3 is 2.76 bits per heavy atom. The molecule has 0 aromatic heterocycles. The molecule has 0 spiro atoms. The second kappa shape index (κ2) is 4.43. The van der Waals surface area contributed by atoms with E-state index in [4.69, 9.17) is 10.8 Å². The maximum atomic E-state index is 13.3. The Kier molecular flexibility index (Phi) is 3.13. The fourth-order valence-corrected chi connectivity index (χ4v) is 1.55. The molecule has 0 radical (unpaired) electrons. The molecular weight excluding hydrogens is 223 g/mol. The largest absolute Gasteiger partial charge is 0.392 e. The summed E-state index contributed by atoms with van der Waals surface area (Å²) in [6.07, 6.45) is 1.41. The monoisotopic (exact) mass is 238 g/mol. The first-order chi connectivity index (χ1) is 8.05. The minimum Gasteiger partial charge on any atom is -0.392 e. The van der Waals surface area contributed by atoms with E-state index in [2.05, 4.69) is 5.32 Å². The molecule has 0 saturated heterocycles. The van der Waals surface area contributed by atoms with E-state index >= 15 is 0 Å². The van der Waals surface area contributed by atoms with Crippen molar-refractivity contribution in [1.82, 2.24) is 5.32 Å². The fraction of sp³-hybridized carbons (Fsp3) is 0.417. The van der Waals surface area contributed by atoms with Gasteiger partial charge in [0.2, 0.25) is 5.91 Å². The van der Waals surface area contributed by atoms with Gasteiger partial charge in [-0.05, 0) is 24.5 Å². The molecule has 0 heterocycles. The third-order valence-electron chi connectivity index (χ3n) is 2.98. The number of carbonyl (C=O) groups excluding carboxylic acids is 1. The van der Waals surface area contributed by atoms with Crippen LogP contribution in [0.1, 0.15) is 24.0 Å². The number of benzene rings is 1. The molecule has 2 rings (SSSR count). The van der Waals surface area contributed by atoms with Crippen molar-refractivity contribution < 1.29 is 14.3 Å². The van der Waals surface area contributed by atoms with Crippen LogP contribution in [0.5, 0.6) is 0 Å². The Morgan fingerprint density at radius 2 is 2.24 bits per heavy atom. The van der Waals surface area contributed by atoms with Crippen molar-refractivity contribution in [3.8, 4) is 0 Å². The highest BCUT2D eigenvalue weighted by molar-refractivity contribution is 5.88. The lowest BCUT2D eigenvalue weighted by atomic mass is 10.1. The normalized spacial score (nSPS) is 16.6. The van der Waals surface area contributed by atoms with Gasteiger partial charge in [-0.15, -0.1) is 0 Å². The second-order valence-electron chi connectivity index (χ2n) is 4.42. The van der Waals surface area contributed by atoms with Crippen LogP contribution in [0.25, 0.3) is 0 Å². The third-order valence-corrected chi connectivity index (χ3v) is 2.98. The van der Waals surface area contributed by atoms with Gasteiger partial charge in [-0.3, -0.25) is 4.79 Å². The topological polar surface area (TPSA) is 75.4 Å². The van der Waals surface area contributed by atoms with E-state index in [0.717, 1.165) is 0 Å². The standard InChI is InChI=1S/C12H15FN2O2/c13-10-5-8(1-2-9(10)7-16)6-15-11(17)12(14)3-4-12/h1-2,5,16H,3-4,6-7,14H2,(H,15,17). The number of nitrogens with two attached hydrogens (primary N) is 1. The Morgan fingerprint density at radius 1 is 1.53 bits per heavy atom. The molecule has 0 atom stereocenters. The molecular formula is C12H15FN2O2. The summed E-state index contributed by atoms with van der Waals surface area (Å²) in [6.45, 7) is -0.0786. The lowest BCUT2D eigenvalue weighted by Gasteiger charge is -2.10. The predicted octanol–water partition coefficient (Wildman–Crippen LogP) is 0.425. The average Bonchev–Trinajstić information content (AvgIpc) is 3.06. The molecule has 1 amide bonds. The molecule has 92 valence electrons. The fourth-order valence-electron chi connectivity index (χ4n) is 1.55. The molecule has 0 aliphatic heterocycles. The maximum absolute atomic E-state index is 13.3. The van der Waals surface area contributed by atoms with Crippen molar-refractivity contribution in [2.24, 2.45) is 5.73 Å². The molecule has 17 heavy (non-hydrogen) atoms. The summed E-state index contributed by atoms with van der Waals surface area (Å²) in [4.78, 5) is 11.5. The molecule has 4 N–H and O–H groups in total. The van der Waals surface area contributed by atoms with Crippen molar-refractivity contribution >= 4 is 5.91 Å². The van der Waals surface area contributed by atoms with Gasteiger partial charge in [0.05, 0.1) is 12.1 Å². The van der Waals surface area contributed by atoms with Crippen LogP contribution < -0.4 is 11.1 Å². The van der Waals surface area contributed by atoms with Crippen LogP contribution >= 0.6 is 0 Å². The maximum Gasteiger partial charge on any atom is 0.240 e. The van der Waals surface area contributed by atoms with Crippen LogP contribution in [-0.2, 0) is 17.9 Å². The zero-order chi connectivity index (χ0) is 12.5. The summed E-state index contributed by atoms with van der Waals surface area (Å²) < 4.78 is 13.3. The number of rotatable bonds is 4. The van der Waals surface area contributed by atoms with Gasteiger partial charge in [0.15, 0.2) is 0 Å². The number of hydrogen-bond donors (Lipinski definition) is 3. The molecule has 5 heteroatoms. The zero-order valence-corrected chi connectivity index (χ0v) is 9.37. The minimum absolute atomic E-state index is 0.191. The Hall–Kier alpha value is -1.46. The summed E-state index contributed by atoms with van der Waals surface area (Å²) in [5, 5.41) is 11.5. The van der Waals surface area contributed by atoms with Gasteiger partial charge < -0.3 is 16.2 Å². The van der Waals surface area contributed by atoms with Gasteiger partial charge in [0, 0.05) is 12.1 Å². The zero-order valence-electron chi connectivity index (χ0n) is 9.37. The van der Waals surface area contributed by atoms with E-state index in [0.29, 0.717) is 18.4 Å². The van der Waals surface area contributed by atoms with Crippen molar-refractivity contribution in [2.45, 2.75) is 31.5 Å². The van der Waals surface area contributed by atoms with E-state index in [1.807, 2.05) is 0 Å². The summed E-state index contributed by atoms with van der Waals surface area (Å²) in [5.74, 6) is -0.655. The van der Waals surface area contributed by atoms with Crippen LogP contribution in [0.2, 0.25) is 0 Å². The van der Waals surface area contributed by atoms with E-state index in [9.17, 15) is 9.18 Å². The van der Waals surface area contributed by atoms with E-state index in [1.165, 1.54) is 12.1 Å². The van der Waals surface area contributed by atoms with E-state index < -0.39 is 11.4 Å². The Bertz CT molecular complexity index is 444. The van der Waals surface area contributed by atoms with Gasteiger partial charge in [-0.1, -0.05) is 12.1 Å². The van der Waals surface area contributed by atoms with Gasteiger partial charge in [0.1, 0.15) is 5.82 Å². The van der Waals surface area contributed by atoms with Crippen molar-refractivity contribution in [2.75, 3.05) is 0 Å². The summed E-state index contributed by atoms with van der Waals surface area (Å²) in [6, 6.07) is 4.49. The summed E-state index contributed by atoms with van der Waals surface area (Å²) >= 11 is 0. The number of hydrogen-bond acceptors (Lipinski definition) is 3. The molecule has 0 bridgehead atoms. The SMILES string of the molecule is NC1(C(=O)NCc2ccc(CO)c(F)c2)CC1. The number of nitrogens with one attached hydrogen (secondary N) is 1. The van der Waals surface area contributed by atoms with Crippen LogP contribution in [0.4, 0.5) is 4.39 Å². The molecule has 1 aromatic carbocycles. The highest BCUT2D eigenvalue weighted by Crippen LogP contribution is 2.32. The van der Waals surface area contributed by atoms with E-state index in [-0.39, 0.29) is 24.6 Å². The van der Waals surface area contributed by atoms with Crippen molar-refractivity contribution in [3.63, 3.8) is 0 Å². The summed E-state index contributed by atoms with van der Waals surface area (Å²) in [5.41, 5.74) is 5.90. The van der Waals surface area contributed by atoms with E-state index in [1.54, 1.807) is 6.07 Å². The van der Waals surface area contributed by atoms with Gasteiger partial charge >= 0.3 is 0 Å². The third kappa shape index (κ3) is 2.62. The number of aliphatic hydroxyl groups is 1. The molecule has 1 aliphatic carbocycles. The molecule has 1 aromatic rings. The molecule has 4 nitrogen and oxygen atoms in total. The lowest BCUT2D eigenvalue weighted by molar-refractivity contribution is -0.123. The summed E-state index contributed by atoms with van der Waals surface area (Å²) in [7, 11) is 0. The first-order valence-corrected chi connectivity index (χ1v) is 5.50. The Balaban J connectivity index is 1.95. The number of aliphatic hydroxyl groups excluding tert-OH is 1. The van der Waals surface area contributed by atoms with Gasteiger partial charge in [-0.2, -0.15) is 0 Å². The minimum atomic E-state index is -0.705.